The van der Waals surface area contributed by atoms with Gasteiger partial charge in [0.15, 0.2) is 0 Å². The highest BCUT2D eigenvalue weighted by molar-refractivity contribution is 5.30. The lowest BCUT2D eigenvalue weighted by Crippen LogP contribution is -2.39. The molecule has 0 spiro atoms. The zero-order valence-electron chi connectivity index (χ0n) is 11.7. The van der Waals surface area contributed by atoms with Gasteiger partial charge in [-0.2, -0.15) is 0 Å². The first-order chi connectivity index (χ1) is 8.76. The van der Waals surface area contributed by atoms with Crippen LogP contribution in [0.2, 0.25) is 0 Å². The van der Waals surface area contributed by atoms with E-state index in [1.165, 1.54) is 37.1 Å². The van der Waals surface area contributed by atoms with Crippen LogP contribution >= 0.6 is 0 Å². The third-order valence-corrected chi connectivity index (χ3v) is 4.28. The van der Waals surface area contributed by atoms with Gasteiger partial charge in [0.2, 0.25) is 0 Å². The van der Waals surface area contributed by atoms with E-state index in [4.69, 9.17) is 5.73 Å². The molecule has 1 aromatic rings. The van der Waals surface area contributed by atoms with Crippen molar-refractivity contribution in [1.82, 2.24) is 4.90 Å². The van der Waals surface area contributed by atoms with Gasteiger partial charge in [0.25, 0.3) is 0 Å². The molecule has 1 aliphatic rings. The number of likely N-dealkylation sites (tertiary alicyclic amines) is 1. The van der Waals surface area contributed by atoms with Crippen LogP contribution in [0.15, 0.2) is 24.3 Å². The monoisotopic (exact) mass is 246 g/mol. The van der Waals surface area contributed by atoms with Crippen molar-refractivity contribution in [1.29, 1.82) is 0 Å². The molecule has 0 aliphatic carbocycles. The van der Waals surface area contributed by atoms with Crippen molar-refractivity contribution < 1.29 is 0 Å². The Bertz CT molecular complexity index is 367. The maximum Gasteiger partial charge on any atom is 0.0473 e. The summed E-state index contributed by atoms with van der Waals surface area (Å²) < 4.78 is 0. The van der Waals surface area contributed by atoms with E-state index in [1.54, 1.807) is 0 Å². The molecular formula is C16H26N2. The van der Waals surface area contributed by atoms with Crippen LogP contribution < -0.4 is 5.73 Å². The van der Waals surface area contributed by atoms with E-state index < -0.39 is 0 Å². The fraction of sp³-hybridized carbons (Fsp3) is 0.625. The summed E-state index contributed by atoms with van der Waals surface area (Å²) in [6.07, 6.45) is 3.71. The molecule has 2 rings (SSSR count). The first-order valence-electron chi connectivity index (χ1n) is 7.28. The van der Waals surface area contributed by atoms with Gasteiger partial charge in [-0.25, -0.2) is 0 Å². The van der Waals surface area contributed by atoms with E-state index in [1.807, 2.05) is 0 Å². The average Bonchev–Trinajstić information content (AvgIpc) is 2.42. The maximum atomic E-state index is 6.05. The number of piperidine rings is 1. The first-order valence-corrected chi connectivity index (χ1v) is 7.28. The van der Waals surface area contributed by atoms with Crippen LogP contribution in [0.1, 0.15) is 43.9 Å². The Hall–Kier alpha value is -0.860. The number of aryl methyl sites for hydroxylation is 1. The molecule has 1 atom stereocenters. The van der Waals surface area contributed by atoms with Crippen molar-refractivity contribution >= 4 is 0 Å². The molecule has 0 saturated carbocycles. The minimum atomic E-state index is 0.411. The lowest BCUT2D eigenvalue weighted by atomic mass is 9.93. The number of hydrogen-bond donors (Lipinski definition) is 1. The molecule has 18 heavy (non-hydrogen) atoms. The molecular weight excluding hydrogens is 220 g/mol. The summed E-state index contributed by atoms with van der Waals surface area (Å²) in [5.41, 5.74) is 8.94. The van der Waals surface area contributed by atoms with Crippen molar-refractivity contribution in [3.8, 4) is 0 Å². The molecule has 1 heterocycles. The highest BCUT2D eigenvalue weighted by Gasteiger charge is 2.24. The van der Waals surface area contributed by atoms with Gasteiger partial charge in [0.1, 0.15) is 0 Å². The predicted molar refractivity (Wildman–Crippen MR) is 77.6 cm³/mol. The highest BCUT2D eigenvalue weighted by Crippen LogP contribution is 2.28. The highest BCUT2D eigenvalue weighted by atomic mass is 15.2. The van der Waals surface area contributed by atoms with Crippen LogP contribution in [0.3, 0.4) is 0 Å². The molecule has 1 aliphatic heterocycles. The van der Waals surface area contributed by atoms with Crippen molar-refractivity contribution in [3.05, 3.63) is 35.4 Å². The minimum Gasteiger partial charge on any atom is -0.329 e. The third kappa shape index (κ3) is 2.93. The molecule has 1 aromatic carbocycles. The smallest absolute Gasteiger partial charge is 0.0473 e. The second kappa shape index (κ2) is 6.35. The lowest BCUT2D eigenvalue weighted by molar-refractivity contribution is 0.141. The Kier molecular flexibility index (Phi) is 4.79. The molecule has 100 valence electrons. The van der Waals surface area contributed by atoms with E-state index in [9.17, 15) is 0 Å². The molecule has 0 amide bonds. The Balaban J connectivity index is 2.17. The Morgan fingerprint density at radius 2 is 1.94 bits per heavy atom. The van der Waals surface area contributed by atoms with Gasteiger partial charge in [0.05, 0.1) is 0 Å². The Morgan fingerprint density at radius 3 is 2.56 bits per heavy atom. The molecule has 1 saturated heterocycles. The van der Waals surface area contributed by atoms with Crippen molar-refractivity contribution in [2.24, 2.45) is 11.7 Å². The van der Waals surface area contributed by atoms with E-state index >= 15 is 0 Å². The van der Waals surface area contributed by atoms with Crippen LogP contribution in [-0.4, -0.2) is 24.5 Å². The van der Waals surface area contributed by atoms with Gasteiger partial charge in [0, 0.05) is 12.6 Å². The molecule has 0 bridgehead atoms. The number of nitrogens with zero attached hydrogens (tertiary/aromatic N) is 1. The maximum absolute atomic E-state index is 6.05. The van der Waals surface area contributed by atoms with E-state index in [0.29, 0.717) is 6.04 Å². The van der Waals surface area contributed by atoms with Crippen LogP contribution in [0, 0.1) is 5.92 Å². The number of benzene rings is 1. The number of hydrogen-bond acceptors (Lipinski definition) is 2. The standard InChI is InChI=1S/C16H26N2/c1-3-14-6-4-5-7-15(14)16(12-17)18-10-8-13(2)9-11-18/h4-7,13,16H,3,8-12,17H2,1-2H3. The van der Waals surface area contributed by atoms with Crippen molar-refractivity contribution in [2.75, 3.05) is 19.6 Å². The fourth-order valence-electron chi connectivity index (χ4n) is 2.99. The molecule has 2 heteroatoms. The quantitative estimate of drug-likeness (QED) is 0.885. The topological polar surface area (TPSA) is 29.3 Å². The zero-order valence-corrected chi connectivity index (χ0v) is 11.7. The van der Waals surface area contributed by atoms with Crippen LogP contribution in [0.25, 0.3) is 0 Å². The molecule has 0 aromatic heterocycles. The number of nitrogens with two attached hydrogens (primary N) is 1. The Morgan fingerprint density at radius 1 is 1.28 bits per heavy atom. The molecule has 1 fully saturated rings. The van der Waals surface area contributed by atoms with Gasteiger partial charge in [-0.15, -0.1) is 0 Å². The SMILES string of the molecule is CCc1ccccc1C(CN)N1CCC(C)CC1. The molecule has 1 unspecified atom stereocenters. The van der Waals surface area contributed by atoms with Gasteiger partial charge in [-0.05, 0) is 49.4 Å². The summed E-state index contributed by atoms with van der Waals surface area (Å²) in [7, 11) is 0. The molecule has 2 nitrogen and oxygen atoms in total. The lowest BCUT2D eigenvalue weighted by Gasteiger charge is -2.37. The van der Waals surface area contributed by atoms with Gasteiger partial charge < -0.3 is 5.73 Å². The minimum absolute atomic E-state index is 0.411. The molecule has 2 N–H and O–H groups in total. The van der Waals surface area contributed by atoms with E-state index in [-0.39, 0.29) is 0 Å². The third-order valence-electron chi connectivity index (χ3n) is 4.28. The van der Waals surface area contributed by atoms with Crippen molar-refractivity contribution in [2.45, 2.75) is 39.2 Å². The van der Waals surface area contributed by atoms with Gasteiger partial charge in [-0.1, -0.05) is 38.1 Å². The Labute approximate surface area is 111 Å². The summed E-state index contributed by atoms with van der Waals surface area (Å²) in [5, 5.41) is 0. The summed E-state index contributed by atoms with van der Waals surface area (Å²) in [5.74, 6) is 0.876. The molecule has 0 radical (unpaired) electrons. The van der Waals surface area contributed by atoms with E-state index in [0.717, 1.165) is 18.9 Å². The zero-order chi connectivity index (χ0) is 13.0. The van der Waals surface area contributed by atoms with Gasteiger partial charge in [-0.3, -0.25) is 4.90 Å². The van der Waals surface area contributed by atoms with Crippen LogP contribution in [0.5, 0.6) is 0 Å². The van der Waals surface area contributed by atoms with E-state index in [2.05, 4.69) is 43.0 Å². The first kappa shape index (κ1) is 13.6. The second-order valence-electron chi connectivity index (χ2n) is 5.52. The largest absolute Gasteiger partial charge is 0.329 e. The average molecular weight is 246 g/mol. The van der Waals surface area contributed by atoms with Crippen LogP contribution in [-0.2, 0) is 6.42 Å². The fourth-order valence-corrected chi connectivity index (χ4v) is 2.99. The van der Waals surface area contributed by atoms with Crippen molar-refractivity contribution in [3.63, 3.8) is 0 Å². The summed E-state index contributed by atoms with van der Waals surface area (Å²) >= 11 is 0. The normalized spacial score (nSPS) is 19.9. The predicted octanol–water partition coefficient (Wildman–Crippen LogP) is 2.98. The number of rotatable bonds is 4. The van der Waals surface area contributed by atoms with Crippen LogP contribution in [0.4, 0.5) is 0 Å². The summed E-state index contributed by atoms with van der Waals surface area (Å²) in [6, 6.07) is 9.19. The summed E-state index contributed by atoms with van der Waals surface area (Å²) in [4.78, 5) is 2.58. The summed E-state index contributed by atoms with van der Waals surface area (Å²) in [6.45, 7) is 7.70. The second-order valence-corrected chi connectivity index (χ2v) is 5.52. The van der Waals surface area contributed by atoms with Gasteiger partial charge >= 0.3 is 0 Å².